The summed E-state index contributed by atoms with van der Waals surface area (Å²) >= 11 is 0. The number of nitrogens with one attached hydrogen (secondary N) is 2. The fourth-order valence-corrected chi connectivity index (χ4v) is 9.04. The van der Waals surface area contributed by atoms with Gasteiger partial charge in [-0.1, -0.05) is 45.0 Å². The Bertz CT molecular complexity index is 2230. The lowest BCUT2D eigenvalue weighted by molar-refractivity contribution is -0.136. The van der Waals surface area contributed by atoms with Gasteiger partial charge in [0.05, 0.1) is 36.0 Å². The maximum atomic E-state index is 13.5. The van der Waals surface area contributed by atoms with Gasteiger partial charge in [0.2, 0.25) is 11.8 Å². The van der Waals surface area contributed by atoms with E-state index in [9.17, 15) is 19.2 Å². The molecule has 0 saturated carbocycles. The average Bonchev–Trinajstić information content (AvgIpc) is 3.81. The van der Waals surface area contributed by atoms with E-state index in [0.717, 1.165) is 93.4 Å². The number of aromatic nitrogens is 1. The van der Waals surface area contributed by atoms with Gasteiger partial charge in [-0.2, -0.15) is 0 Å². The summed E-state index contributed by atoms with van der Waals surface area (Å²) in [4.78, 5) is 62.7. The topological polar surface area (TPSA) is 128 Å². The van der Waals surface area contributed by atoms with Crippen molar-refractivity contribution in [3.63, 3.8) is 0 Å². The lowest BCUT2D eigenvalue weighted by Crippen LogP contribution is -2.54. The highest BCUT2D eigenvalue weighted by atomic mass is 16.5. The van der Waals surface area contributed by atoms with Gasteiger partial charge in [0.1, 0.15) is 17.5 Å². The minimum atomic E-state index is -1.02. The van der Waals surface area contributed by atoms with E-state index in [4.69, 9.17) is 9.47 Å². The Balaban J connectivity index is 0.00000176. The van der Waals surface area contributed by atoms with Crippen molar-refractivity contribution in [1.29, 1.82) is 0 Å². The molecule has 0 radical (unpaired) electrons. The number of ether oxygens (including phenoxy) is 2. The fourth-order valence-electron chi connectivity index (χ4n) is 9.04. The van der Waals surface area contributed by atoms with Crippen molar-refractivity contribution >= 4 is 51.5 Å². The van der Waals surface area contributed by atoms with Gasteiger partial charge in [0, 0.05) is 74.6 Å². The van der Waals surface area contributed by atoms with Crippen LogP contribution >= 0.6 is 0 Å². The van der Waals surface area contributed by atoms with Crippen molar-refractivity contribution in [2.75, 3.05) is 69.3 Å². The number of hydrogen-bond acceptors (Lipinski definition) is 9. The zero-order valence-electron chi connectivity index (χ0n) is 35.9. The van der Waals surface area contributed by atoms with Crippen LogP contribution in [0.3, 0.4) is 0 Å². The van der Waals surface area contributed by atoms with Crippen LogP contribution < -0.4 is 24.6 Å². The molecule has 4 aliphatic heterocycles. The lowest BCUT2D eigenvalue weighted by Gasteiger charge is -2.36. The van der Waals surface area contributed by atoms with Gasteiger partial charge in [0.15, 0.2) is 0 Å². The average molecular weight is 817 g/mol. The summed E-state index contributed by atoms with van der Waals surface area (Å²) in [5, 5.41) is 3.53. The molecule has 8 rings (SSSR count). The predicted molar refractivity (Wildman–Crippen MR) is 237 cm³/mol. The highest BCUT2D eigenvalue weighted by Gasteiger charge is 2.46. The monoisotopic (exact) mass is 816 g/mol. The molecule has 12 heteroatoms. The minimum absolute atomic E-state index is 0.0731. The third kappa shape index (κ3) is 8.80. The molecule has 1 aromatic heterocycles. The first kappa shape index (κ1) is 42.5. The SMILES string of the molecule is C=C(C)c1c[nH]c2c(N3CCC(c4ccc(OCCCCN5CCN(c6cc(OC)c7c(c6)C(=O)N(C6CCC(=O)NC6=O)C7=O)CC5)cc4)CC3)ccc(C)c12.CCC. The second kappa shape index (κ2) is 18.8. The van der Waals surface area contributed by atoms with Crippen LogP contribution in [0.5, 0.6) is 11.5 Å². The number of methoxy groups -OCH3 is 1. The van der Waals surface area contributed by atoms with E-state index in [1.807, 2.05) is 0 Å². The fraction of sp³-hybridized carbons (Fsp3) is 0.458. The molecule has 3 aromatic carbocycles. The van der Waals surface area contributed by atoms with Crippen molar-refractivity contribution in [1.82, 2.24) is 20.1 Å². The number of nitrogens with zero attached hydrogens (tertiary/aromatic N) is 4. The van der Waals surface area contributed by atoms with Gasteiger partial charge in [-0.15, -0.1) is 0 Å². The number of fused-ring (bicyclic) bond motifs is 2. The molecule has 60 heavy (non-hydrogen) atoms. The first-order valence-electron chi connectivity index (χ1n) is 21.7. The van der Waals surface area contributed by atoms with Crippen LogP contribution in [-0.4, -0.2) is 104 Å². The molecule has 0 spiro atoms. The standard InChI is InChI=1S/C45H52N6O6.C3H8/c1-28(2)35-27-46-42-36(12-7-29(3)40(35)42)50-18-15-31(16-19-50)30-8-10-33(11-9-30)57-24-6-5-17-48-20-22-49(23-21-48)32-25-34-41(38(26-32)56-4)45(55)51(44(34)54)37-13-14-39(52)47-43(37)53;1-3-2/h7-12,25-27,31,37,46H,1,5-6,13-24H2,2-4H3,(H,47,52,53);3H2,1-2H3. The molecular formula is C48H60N6O6. The van der Waals surface area contributed by atoms with Crippen LogP contribution in [0.2, 0.25) is 0 Å². The number of amides is 4. The summed E-state index contributed by atoms with van der Waals surface area (Å²) in [6, 6.07) is 15.7. The molecular weight excluding hydrogens is 757 g/mol. The van der Waals surface area contributed by atoms with Crippen molar-refractivity contribution < 1.29 is 28.7 Å². The van der Waals surface area contributed by atoms with Crippen LogP contribution in [0.25, 0.3) is 16.5 Å². The van der Waals surface area contributed by atoms with Gasteiger partial charge in [-0.05, 0) is 99.4 Å². The summed E-state index contributed by atoms with van der Waals surface area (Å²) in [6.07, 6.45) is 7.75. The maximum absolute atomic E-state index is 13.5. The van der Waals surface area contributed by atoms with E-state index in [1.165, 1.54) is 46.8 Å². The van der Waals surface area contributed by atoms with Crippen LogP contribution in [0.4, 0.5) is 11.4 Å². The quantitative estimate of drug-likeness (QED) is 0.109. The number of piperazine rings is 1. The van der Waals surface area contributed by atoms with Crippen molar-refractivity contribution in [3.8, 4) is 11.5 Å². The Morgan fingerprint density at radius 3 is 2.25 bits per heavy atom. The molecule has 12 nitrogen and oxygen atoms in total. The van der Waals surface area contributed by atoms with Crippen molar-refractivity contribution in [3.05, 3.63) is 89.1 Å². The molecule has 318 valence electrons. The lowest BCUT2D eigenvalue weighted by atomic mass is 9.89. The molecule has 4 amide bonds. The van der Waals surface area contributed by atoms with Gasteiger partial charge in [0.25, 0.3) is 11.8 Å². The number of imide groups is 2. The molecule has 4 aliphatic rings. The van der Waals surface area contributed by atoms with E-state index in [2.05, 4.69) is 102 Å². The Morgan fingerprint density at radius 2 is 1.58 bits per heavy atom. The molecule has 3 fully saturated rings. The van der Waals surface area contributed by atoms with Crippen molar-refractivity contribution in [2.45, 2.75) is 84.6 Å². The Hall–Kier alpha value is -5.62. The smallest absolute Gasteiger partial charge is 0.266 e. The first-order valence-corrected chi connectivity index (χ1v) is 21.7. The Kier molecular flexibility index (Phi) is 13.3. The number of aryl methyl sites for hydroxylation is 1. The highest BCUT2D eigenvalue weighted by Crippen LogP contribution is 2.39. The summed E-state index contributed by atoms with van der Waals surface area (Å²) in [7, 11) is 1.47. The Labute approximate surface area is 353 Å². The Morgan fingerprint density at radius 1 is 0.867 bits per heavy atom. The number of anilines is 2. The second-order valence-corrected chi connectivity index (χ2v) is 16.6. The van der Waals surface area contributed by atoms with E-state index in [0.29, 0.717) is 18.3 Å². The zero-order valence-corrected chi connectivity index (χ0v) is 35.9. The first-order chi connectivity index (χ1) is 29.0. The van der Waals surface area contributed by atoms with E-state index in [1.54, 1.807) is 12.1 Å². The number of hydrogen-bond donors (Lipinski definition) is 2. The van der Waals surface area contributed by atoms with E-state index in [-0.39, 0.29) is 24.0 Å². The van der Waals surface area contributed by atoms with Crippen LogP contribution in [-0.2, 0) is 9.59 Å². The van der Waals surface area contributed by atoms with Gasteiger partial charge in [-0.25, -0.2) is 0 Å². The predicted octanol–water partition coefficient (Wildman–Crippen LogP) is 7.70. The number of H-pyrrole nitrogens is 1. The van der Waals surface area contributed by atoms with Crippen LogP contribution in [0, 0.1) is 6.92 Å². The van der Waals surface area contributed by atoms with Gasteiger partial charge < -0.3 is 24.3 Å². The number of benzene rings is 3. The largest absolute Gasteiger partial charge is 0.496 e. The summed E-state index contributed by atoms with van der Waals surface area (Å²) in [6.45, 7) is 19.6. The normalized spacial score (nSPS) is 18.7. The van der Waals surface area contributed by atoms with Gasteiger partial charge in [-0.3, -0.25) is 34.3 Å². The number of aromatic amines is 1. The number of unbranched alkanes of at least 4 members (excludes halogenated alkanes) is 1. The van der Waals surface area contributed by atoms with Gasteiger partial charge >= 0.3 is 0 Å². The molecule has 1 atom stereocenters. The third-order valence-electron chi connectivity index (χ3n) is 12.3. The maximum Gasteiger partial charge on any atom is 0.266 e. The number of allylic oxidation sites excluding steroid dienone is 1. The number of rotatable bonds is 12. The van der Waals surface area contributed by atoms with Crippen molar-refractivity contribution in [2.24, 2.45) is 0 Å². The number of piperidine rings is 2. The molecule has 0 bridgehead atoms. The molecule has 2 N–H and O–H groups in total. The van der Waals surface area contributed by atoms with Crippen LogP contribution in [0.1, 0.15) is 109 Å². The molecule has 1 unspecified atom stereocenters. The highest BCUT2D eigenvalue weighted by molar-refractivity contribution is 6.25. The summed E-state index contributed by atoms with van der Waals surface area (Å²) in [5.74, 6) is -0.373. The minimum Gasteiger partial charge on any atom is -0.496 e. The summed E-state index contributed by atoms with van der Waals surface area (Å²) in [5.41, 5.74) is 8.65. The molecule has 4 aromatic rings. The van der Waals surface area contributed by atoms with Crippen LogP contribution in [0.15, 0.2) is 61.3 Å². The number of carbonyl (C=O) groups is 4. The molecule has 3 saturated heterocycles. The molecule has 5 heterocycles. The van der Waals surface area contributed by atoms with E-state index >= 15 is 0 Å². The third-order valence-corrected chi connectivity index (χ3v) is 12.3. The summed E-state index contributed by atoms with van der Waals surface area (Å²) < 4.78 is 11.7. The second-order valence-electron chi connectivity index (χ2n) is 16.6. The van der Waals surface area contributed by atoms with E-state index < -0.39 is 29.7 Å². The zero-order chi connectivity index (χ0) is 42.5. The number of carbonyl (C=O) groups excluding carboxylic acids is 4. The molecule has 0 aliphatic carbocycles.